The summed E-state index contributed by atoms with van der Waals surface area (Å²) in [5.41, 5.74) is 1.15. The van der Waals surface area contributed by atoms with Gasteiger partial charge >= 0.3 is 0 Å². The van der Waals surface area contributed by atoms with Gasteiger partial charge in [-0.3, -0.25) is 14.8 Å². The first-order valence-electron chi connectivity index (χ1n) is 9.51. The SMILES string of the molecule is Fc1ccc(OCCN2C[C@H]3CC[C@@H]2CN(Cc2ccccn2)C3)cc1. The molecule has 3 aliphatic rings. The molecule has 138 valence electrons. The number of ether oxygens (including phenoxy) is 1. The molecule has 0 unspecified atom stereocenters. The van der Waals surface area contributed by atoms with Crippen molar-refractivity contribution in [1.29, 1.82) is 0 Å². The van der Waals surface area contributed by atoms with E-state index in [4.69, 9.17) is 4.74 Å². The van der Waals surface area contributed by atoms with E-state index in [2.05, 4.69) is 26.9 Å². The van der Waals surface area contributed by atoms with E-state index in [-0.39, 0.29) is 5.82 Å². The molecule has 4 heterocycles. The lowest BCUT2D eigenvalue weighted by Crippen LogP contribution is -2.45. The number of rotatable bonds is 6. The highest BCUT2D eigenvalue weighted by Crippen LogP contribution is 2.28. The van der Waals surface area contributed by atoms with E-state index in [0.717, 1.165) is 50.1 Å². The molecule has 2 atom stereocenters. The van der Waals surface area contributed by atoms with Crippen molar-refractivity contribution in [2.45, 2.75) is 25.4 Å². The molecule has 0 amide bonds. The van der Waals surface area contributed by atoms with E-state index in [0.29, 0.717) is 12.6 Å². The Bertz CT molecular complexity index is 694. The Morgan fingerprint density at radius 3 is 2.73 bits per heavy atom. The first-order valence-corrected chi connectivity index (χ1v) is 9.51. The molecule has 3 saturated heterocycles. The first-order chi connectivity index (χ1) is 12.8. The molecule has 3 fully saturated rings. The average Bonchev–Trinajstić information content (AvgIpc) is 2.95. The van der Waals surface area contributed by atoms with Crippen LogP contribution in [-0.4, -0.2) is 53.6 Å². The van der Waals surface area contributed by atoms with Crippen LogP contribution in [0.2, 0.25) is 0 Å². The van der Waals surface area contributed by atoms with Gasteiger partial charge in [0.15, 0.2) is 0 Å². The van der Waals surface area contributed by atoms with E-state index < -0.39 is 0 Å². The van der Waals surface area contributed by atoms with Crippen molar-refractivity contribution in [3.8, 4) is 5.75 Å². The fourth-order valence-corrected chi connectivity index (χ4v) is 4.21. The predicted octanol–water partition coefficient (Wildman–Crippen LogP) is 3.20. The summed E-state index contributed by atoms with van der Waals surface area (Å²) in [4.78, 5) is 9.62. The van der Waals surface area contributed by atoms with Crippen LogP contribution in [0.5, 0.6) is 5.75 Å². The third-order valence-corrected chi connectivity index (χ3v) is 5.48. The van der Waals surface area contributed by atoms with Crippen molar-refractivity contribution >= 4 is 0 Å². The Balaban J connectivity index is 1.31. The van der Waals surface area contributed by atoms with Gasteiger partial charge in [-0.15, -0.1) is 0 Å². The fourth-order valence-electron chi connectivity index (χ4n) is 4.21. The molecule has 26 heavy (non-hydrogen) atoms. The molecular weight excluding hydrogens is 329 g/mol. The molecule has 0 spiro atoms. The lowest BCUT2D eigenvalue weighted by Gasteiger charge is -2.36. The Morgan fingerprint density at radius 1 is 1.04 bits per heavy atom. The standard InChI is InChI=1S/C21H26FN3O/c22-18-5-8-21(9-6-18)26-12-11-25-14-17-4-7-20(25)16-24(13-17)15-19-3-1-2-10-23-19/h1-3,5-6,8-10,17,20H,4,7,11-16H2/t17-,20+/m0/s1. The van der Waals surface area contributed by atoms with E-state index in [9.17, 15) is 4.39 Å². The molecule has 4 nitrogen and oxygen atoms in total. The summed E-state index contributed by atoms with van der Waals surface area (Å²) in [6, 6.07) is 13.0. The number of hydrogen-bond donors (Lipinski definition) is 0. The zero-order valence-corrected chi connectivity index (χ0v) is 15.1. The highest BCUT2D eigenvalue weighted by molar-refractivity contribution is 5.22. The minimum atomic E-state index is -0.227. The van der Waals surface area contributed by atoms with Crippen LogP contribution < -0.4 is 4.74 Å². The zero-order valence-electron chi connectivity index (χ0n) is 15.1. The molecule has 1 aromatic heterocycles. The summed E-state index contributed by atoms with van der Waals surface area (Å²) in [6.07, 6.45) is 4.46. The Hall–Kier alpha value is -1.98. The molecule has 3 aliphatic heterocycles. The van der Waals surface area contributed by atoms with Gasteiger partial charge in [-0.2, -0.15) is 0 Å². The lowest BCUT2D eigenvalue weighted by atomic mass is 9.95. The molecule has 2 bridgehead atoms. The van der Waals surface area contributed by atoms with Crippen LogP contribution in [0.4, 0.5) is 4.39 Å². The van der Waals surface area contributed by atoms with Gasteiger partial charge in [-0.1, -0.05) is 6.07 Å². The van der Waals surface area contributed by atoms with E-state index in [1.807, 2.05) is 12.3 Å². The number of aromatic nitrogens is 1. The molecule has 0 N–H and O–H groups in total. The smallest absolute Gasteiger partial charge is 0.123 e. The Morgan fingerprint density at radius 2 is 1.92 bits per heavy atom. The minimum Gasteiger partial charge on any atom is -0.492 e. The number of benzene rings is 1. The largest absolute Gasteiger partial charge is 0.492 e. The van der Waals surface area contributed by atoms with Gasteiger partial charge in [-0.05, 0) is 55.2 Å². The summed E-state index contributed by atoms with van der Waals surface area (Å²) in [5, 5.41) is 0. The maximum atomic E-state index is 13.0. The number of fused-ring (bicyclic) bond motifs is 4. The Kier molecular flexibility index (Phi) is 5.46. The quantitative estimate of drug-likeness (QED) is 0.796. The number of halogens is 1. The lowest BCUT2D eigenvalue weighted by molar-refractivity contribution is 0.109. The van der Waals surface area contributed by atoms with Gasteiger partial charge in [0.2, 0.25) is 0 Å². The number of hydrogen-bond acceptors (Lipinski definition) is 4. The van der Waals surface area contributed by atoms with Crippen LogP contribution in [0.25, 0.3) is 0 Å². The maximum Gasteiger partial charge on any atom is 0.123 e. The third kappa shape index (κ3) is 4.40. The highest BCUT2D eigenvalue weighted by Gasteiger charge is 2.34. The van der Waals surface area contributed by atoms with Crippen LogP contribution >= 0.6 is 0 Å². The van der Waals surface area contributed by atoms with Crippen LogP contribution in [0.1, 0.15) is 18.5 Å². The molecular formula is C21H26FN3O. The molecule has 5 rings (SSSR count). The topological polar surface area (TPSA) is 28.6 Å². The second-order valence-corrected chi connectivity index (χ2v) is 7.41. The van der Waals surface area contributed by atoms with E-state index in [1.165, 1.54) is 25.0 Å². The van der Waals surface area contributed by atoms with E-state index >= 15 is 0 Å². The minimum absolute atomic E-state index is 0.227. The van der Waals surface area contributed by atoms with Crippen molar-refractivity contribution in [2.75, 3.05) is 32.8 Å². The van der Waals surface area contributed by atoms with Gasteiger partial charge in [0.25, 0.3) is 0 Å². The predicted molar refractivity (Wildman–Crippen MR) is 99.5 cm³/mol. The Labute approximate surface area is 154 Å². The normalized spacial score (nSPS) is 23.7. The molecule has 5 heteroatoms. The summed E-state index contributed by atoms with van der Waals surface area (Å²) in [6.45, 7) is 5.92. The van der Waals surface area contributed by atoms with Crippen molar-refractivity contribution in [1.82, 2.24) is 14.8 Å². The molecule has 1 aromatic carbocycles. The molecule has 0 saturated carbocycles. The maximum absolute atomic E-state index is 13.0. The monoisotopic (exact) mass is 355 g/mol. The number of nitrogens with zero attached hydrogens (tertiary/aromatic N) is 3. The van der Waals surface area contributed by atoms with Gasteiger partial charge < -0.3 is 4.74 Å². The van der Waals surface area contributed by atoms with Gasteiger partial charge in [-0.25, -0.2) is 4.39 Å². The van der Waals surface area contributed by atoms with Crippen LogP contribution in [0.15, 0.2) is 48.7 Å². The van der Waals surface area contributed by atoms with Crippen molar-refractivity contribution in [3.63, 3.8) is 0 Å². The van der Waals surface area contributed by atoms with Crippen molar-refractivity contribution in [3.05, 3.63) is 60.2 Å². The van der Waals surface area contributed by atoms with Gasteiger partial charge in [0.05, 0.1) is 5.69 Å². The molecule has 2 aromatic rings. The second-order valence-electron chi connectivity index (χ2n) is 7.41. The highest BCUT2D eigenvalue weighted by atomic mass is 19.1. The fraction of sp³-hybridized carbons (Fsp3) is 0.476. The van der Waals surface area contributed by atoms with Crippen molar-refractivity contribution in [2.24, 2.45) is 5.92 Å². The second kappa shape index (κ2) is 8.14. The number of pyridine rings is 1. The summed E-state index contributed by atoms with van der Waals surface area (Å²) in [7, 11) is 0. The van der Waals surface area contributed by atoms with Crippen LogP contribution in [0, 0.1) is 11.7 Å². The van der Waals surface area contributed by atoms with Crippen LogP contribution in [-0.2, 0) is 6.54 Å². The van der Waals surface area contributed by atoms with Crippen LogP contribution in [0.3, 0.4) is 0 Å². The summed E-state index contributed by atoms with van der Waals surface area (Å²) < 4.78 is 18.8. The summed E-state index contributed by atoms with van der Waals surface area (Å²) >= 11 is 0. The molecule has 0 aliphatic carbocycles. The van der Waals surface area contributed by atoms with Crippen molar-refractivity contribution < 1.29 is 9.13 Å². The third-order valence-electron chi connectivity index (χ3n) is 5.48. The van der Waals surface area contributed by atoms with Gasteiger partial charge in [0, 0.05) is 45.0 Å². The molecule has 0 radical (unpaired) electrons. The van der Waals surface area contributed by atoms with E-state index in [1.54, 1.807) is 12.1 Å². The zero-order chi connectivity index (χ0) is 17.8. The van der Waals surface area contributed by atoms with Gasteiger partial charge in [0.1, 0.15) is 18.2 Å². The first kappa shape index (κ1) is 17.4. The number of piperidine rings is 1. The summed E-state index contributed by atoms with van der Waals surface area (Å²) in [5.74, 6) is 1.24. The average molecular weight is 355 g/mol.